The molecule has 3 aliphatic rings. The van der Waals surface area contributed by atoms with Gasteiger partial charge in [-0.2, -0.15) is 0 Å². The summed E-state index contributed by atoms with van der Waals surface area (Å²) >= 11 is 0. The van der Waals surface area contributed by atoms with Gasteiger partial charge in [-0.3, -0.25) is 9.59 Å². The van der Waals surface area contributed by atoms with Crippen LogP contribution in [0.1, 0.15) is 44.1 Å². The van der Waals surface area contributed by atoms with Crippen LogP contribution in [0.3, 0.4) is 0 Å². The average Bonchev–Trinajstić information content (AvgIpc) is 3.31. The molecule has 2 amide bonds. The highest BCUT2D eigenvalue weighted by Crippen LogP contribution is 2.50. The lowest BCUT2D eigenvalue weighted by Crippen LogP contribution is -2.49. The van der Waals surface area contributed by atoms with Crippen LogP contribution in [0.15, 0.2) is 24.3 Å². The summed E-state index contributed by atoms with van der Waals surface area (Å²) in [7, 11) is 0. The molecule has 2 heterocycles. The van der Waals surface area contributed by atoms with Gasteiger partial charge in [-0.1, -0.05) is 12.1 Å². The molecule has 154 valence electrons. The summed E-state index contributed by atoms with van der Waals surface area (Å²) in [5, 5.41) is 6.28. The lowest BCUT2D eigenvalue weighted by atomic mass is 9.91. The summed E-state index contributed by atoms with van der Waals surface area (Å²) in [4.78, 5) is 27.4. The van der Waals surface area contributed by atoms with Crippen molar-refractivity contribution in [2.45, 2.75) is 50.0 Å². The molecule has 4 rings (SSSR count). The first-order valence-corrected chi connectivity index (χ1v) is 10.1. The number of benzene rings is 1. The zero-order valence-electron chi connectivity index (χ0n) is 16.1. The van der Waals surface area contributed by atoms with Crippen molar-refractivity contribution >= 4 is 24.2 Å². The Labute approximate surface area is 171 Å². The largest absolute Gasteiger partial charge is 0.354 e. The fourth-order valence-corrected chi connectivity index (χ4v) is 4.52. The number of rotatable bonds is 5. The molecule has 1 aromatic carbocycles. The maximum atomic E-state index is 13.2. The third-order valence-corrected chi connectivity index (χ3v) is 6.30. The second-order valence-corrected chi connectivity index (χ2v) is 8.24. The predicted octanol–water partition coefficient (Wildman–Crippen LogP) is 2.39. The van der Waals surface area contributed by atoms with Crippen molar-refractivity contribution in [3.63, 3.8) is 0 Å². The number of hydrogen-bond donors (Lipinski definition) is 2. The van der Waals surface area contributed by atoms with Gasteiger partial charge in [-0.15, -0.1) is 12.4 Å². The predicted molar refractivity (Wildman–Crippen MR) is 108 cm³/mol. The molecule has 2 aliphatic heterocycles. The van der Waals surface area contributed by atoms with Crippen LogP contribution in [-0.2, 0) is 15.0 Å². The third-order valence-electron chi connectivity index (χ3n) is 6.30. The fraction of sp³-hybridized carbons (Fsp3) is 0.619. The van der Waals surface area contributed by atoms with Gasteiger partial charge in [0.15, 0.2) is 0 Å². The highest BCUT2D eigenvalue weighted by atomic mass is 35.5. The van der Waals surface area contributed by atoms with E-state index >= 15 is 0 Å². The van der Waals surface area contributed by atoms with Gasteiger partial charge in [0.2, 0.25) is 11.8 Å². The van der Waals surface area contributed by atoms with Crippen molar-refractivity contribution in [2.24, 2.45) is 5.92 Å². The van der Waals surface area contributed by atoms with Gasteiger partial charge in [-0.05, 0) is 68.7 Å². The van der Waals surface area contributed by atoms with Crippen molar-refractivity contribution in [3.8, 4) is 0 Å². The van der Waals surface area contributed by atoms with E-state index in [0.29, 0.717) is 19.0 Å². The van der Waals surface area contributed by atoms with Crippen LogP contribution in [-0.4, -0.2) is 48.9 Å². The molecule has 1 aliphatic carbocycles. The summed E-state index contributed by atoms with van der Waals surface area (Å²) < 4.78 is 13.2. The number of carbonyl (C=O) groups excluding carboxylic acids is 2. The molecule has 2 unspecified atom stereocenters. The Balaban J connectivity index is 0.00000225. The van der Waals surface area contributed by atoms with E-state index < -0.39 is 5.41 Å². The highest BCUT2D eigenvalue weighted by Gasteiger charge is 2.53. The molecule has 28 heavy (non-hydrogen) atoms. The van der Waals surface area contributed by atoms with Crippen LogP contribution in [0.2, 0.25) is 0 Å². The Bertz CT molecular complexity index is 702. The monoisotopic (exact) mass is 409 g/mol. The fourth-order valence-electron chi connectivity index (χ4n) is 4.52. The van der Waals surface area contributed by atoms with Crippen LogP contribution in [0.4, 0.5) is 4.39 Å². The Hall–Kier alpha value is -1.66. The zero-order valence-corrected chi connectivity index (χ0v) is 16.9. The minimum Gasteiger partial charge on any atom is -0.354 e. The molecular formula is C21H29ClFN3O2. The normalized spacial score (nSPS) is 25.7. The highest BCUT2D eigenvalue weighted by molar-refractivity contribution is 5.91. The lowest BCUT2D eigenvalue weighted by Gasteiger charge is -2.35. The standard InChI is InChI=1S/C21H28FN3O2.ClH/c22-17-7-5-16(6-8-17)21(9-10-21)20(27)25-12-2-3-15(14-25)13-24-19(26)18-4-1-11-23-18;/h5-8,15,18,23H,1-4,9-14H2,(H,24,26);1H. The summed E-state index contributed by atoms with van der Waals surface area (Å²) in [6.07, 6.45) is 5.63. The van der Waals surface area contributed by atoms with E-state index in [1.807, 2.05) is 4.90 Å². The molecule has 0 radical (unpaired) electrons. The molecule has 2 saturated heterocycles. The van der Waals surface area contributed by atoms with E-state index in [2.05, 4.69) is 10.6 Å². The molecule has 2 N–H and O–H groups in total. The van der Waals surface area contributed by atoms with Crippen LogP contribution in [0.25, 0.3) is 0 Å². The summed E-state index contributed by atoms with van der Waals surface area (Å²) in [5.41, 5.74) is 0.476. The van der Waals surface area contributed by atoms with Gasteiger partial charge in [0.1, 0.15) is 5.82 Å². The van der Waals surface area contributed by atoms with Crippen molar-refractivity contribution < 1.29 is 14.0 Å². The first-order chi connectivity index (χ1) is 13.1. The van der Waals surface area contributed by atoms with Crippen molar-refractivity contribution in [2.75, 3.05) is 26.2 Å². The molecule has 0 aromatic heterocycles. The quantitative estimate of drug-likeness (QED) is 0.785. The maximum Gasteiger partial charge on any atom is 0.237 e. The van der Waals surface area contributed by atoms with Crippen LogP contribution < -0.4 is 10.6 Å². The van der Waals surface area contributed by atoms with Crippen LogP contribution in [0, 0.1) is 11.7 Å². The molecule has 2 atom stereocenters. The molecule has 1 aromatic rings. The Morgan fingerprint density at radius 2 is 1.93 bits per heavy atom. The summed E-state index contributed by atoms with van der Waals surface area (Å²) in [5.74, 6) is 0.285. The van der Waals surface area contributed by atoms with Crippen molar-refractivity contribution in [1.82, 2.24) is 15.5 Å². The Morgan fingerprint density at radius 1 is 1.18 bits per heavy atom. The SMILES string of the molecule is Cl.O=C(NCC1CCCN(C(=O)C2(c3ccc(F)cc3)CC2)C1)C1CCCN1. The van der Waals surface area contributed by atoms with E-state index in [1.165, 1.54) is 12.1 Å². The number of nitrogens with zero attached hydrogens (tertiary/aromatic N) is 1. The van der Waals surface area contributed by atoms with E-state index in [-0.39, 0.29) is 36.1 Å². The summed E-state index contributed by atoms with van der Waals surface area (Å²) in [6.45, 7) is 3.01. The molecular weight excluding hydrogens is 381 g/mol. The number of piperidine rings is 1. The number of halogens is 2. The molecule has 0 spiro atoms. The topological polar surface area (TPSA) is 61.4 Å². The lowest BCUT2D eigenvalue weighted by molar-refractivity contribution is -0.135. The van der Waals surface area contributed by atoms with E-state index in [1.54, 1.807) is 12.1 Å². The van der Waals surface area contributed by atoms with E-state index in [0.717, 1.165) is 57.2 Å². The molecule has 5 nitrogen and oxygen atoms in total. The first-order valence-electron chi connectivity index (χ1n) is 10.1. The average molecular weight is 410 g/mol. The number of nitrogens with one attached hydrogen (secondary N) is 2. The minimum atomic E-state index is -0.452. The second kappa shape index (κ2) is 8.78. The molecule has 3 fully saturated rings. The van der Waals surface area contributed by atoms with Gasteiger partial charge >= 0.3 is 0 Å². The minimum absolute atomic E-state index is 0. The number of amides is 2. The zero-order chi connectivity index (χ0) is 18.9. The third kappa shape index (κ3) is 4.33. The number of carbonyl (C=O) groups is 2. The van der Waals surface area contributed by atoms with Gasteiger partial charge in [0.05, 0.1) is 11.5 Å². The summed E-state index contributed by atoms with van der Waals surface area (Å²) in [6, 6.07) is 6.31. The van der Waals surface area contributed by atoms with Crippen LogP contribution in [0.5, 0.6) is 0 Å². The van der Waals surface area contributed by atoms with E-state index in [9.17, 15) is 14.0 Å². The van der Waals surface area contributed by atoms with Gasteiger partial charge in [0.25, 0.3) is 0 Å². The van der Waals surface area contributed by atoms with Gasteiger partial charge in [-0.25, -0.2) is 4.39 Å². The van der Waals surface area contributed by atoms with Gasteiger partial charge in [0, 0.05) is 19.6 Å². The molecule has 1 saturated carbocycles. The number of likely N-dealkylation sites (tertiary alicyclic amines) is 1. The van der Waals surface area contributed by atoms with Crippen LogP contribution >= 0.6 is 12.4 Å². The second-order valence-electron chi connectivity index (χ2n) is 8.24. The number of hydrogen-bond acceptors (Lipinski definition) is 3. The van der Waals surface area contributed by atoms with E-state index in [4.69, 9.17) is 0 Å². The molecule has 0 bridgehead atoms. The molecule has 7 heteroatoms. The Kier molecular flexibility index (Phi) is 6.61. The van der Waals surface area contributed by atoms with Crippen molar-refractivity contribution in [1.29, 1.82) is 0 Å². The Morgan fingerprint density at radius 3 is 2.57 bits per heavy atom. The van der Waals surface area contributed by atoms with Crippen molar-refractivity contribution in [3.05, 3.63) is 35.6 Å². The smallest absolute Gasteiger partial charge is 0.237 e. The van der Waals surface area contributed by atoms with Gasteiger partial charge < -0.3 is 15.5 Å². The first kappa shape index (κ1) is 21.1. The maximum absolute atomic E-state index is 13.2.